The Bertz CT molecular complexity index is 458. The smallest absolute Gasteiger partial charge is 0.175 e. The molecule has 3 N–H and O–H groups in total. The van der Waals surface area contributed by atoms with Crippen LogP contribution in [0.5, 0.6) is 0 Å². The van der Waals surface area contributed by atoms with Crippen LogP contribution in [-0.2, 0) is 9.84 Å². The summed E-state index contributed by atoms with van der Waals surface area (Å²) in [4.78, 5) is 0.335. The number of nitrogens with two attached hydrogens (primary N) is 1. The molecule has 0 radical (unpaired) electrons. The highest BCUT2D eigenvalue weighted by molar-refractivity contribution is 7.90. The summed E-state index contributed by atoms with van der Waals surface area (Å²) in [6.07, 6.45) is 2.05. The van der Waals surface area contributed by atoms with Crippen LogP contribution >= 0.6 is 0 Å². The second kappa shape index (κ2) is 5.06. The molecule has 0 unspecified atom stereocenters. The van der Waals surface area contributed by atoms with Crippen LogP contribution in [0.3, 0.4) is 0 Å². The molecular formula is C12H20N2O2S. The van der Waals surface area contributed by atoms with Gasteiger partial charge in [0.2, 0.25) is 0 Å². The van der Waals surface area contributed by atoms with E-state index in [1.807, 2.05) is 13.8 Å². The van der Waals surface area contributed by atoms with Crippen LogP contribution in [0.4, 0.5) is 5.69 Å². The number of anilines is 1. The summed E-state index contributed by atoms with van der Waals surface area (Å²) in [7, 11) is -3.11. The number of nitrogens with one attached hydrogen (secondary N) is 1. The van der Waals surface area contributed by atoms with Crippen molar-refractivity contribution in [1.29, 1.82) is 0 Å². The summed E-state index contributed by atoms with van der Waals surface area (Å²) in [5.41, 5.74) is 6.57. The van der Waals surface area contributed by atoms with Crippen molar-refractivity contribution in [2.24, 2.45) is 5.73 Å². The van der Waals surface area contributed by atoms with Crippen molar-refractivity contribution in [3.63, 3.8) is 0 Å². The fraction of sp³-hybridized carbons (Fsp3) is 0.500. The first-order valence-electron chi connectivity index (χ1n) is 5.51. The van der Waals surface area contributed by atoms with Crippen molar-refractivity contribution in [3.8, 4) is 0 Å². The monoisotopic (exact) mass is 256 g/mol. The molecule has 0 spiro atoms. The summed E-state index contributed by atoms with van der Waals surface area (Å²) >= 11 is 0. The van der Waals surface area contributed by atoms with Crippen LogP contribution in [0.25, 0.3) is 0 Å². The maximum atomic E-state index is 11.3. The number of benzene rings is 1. The Morgan fingerprint density at radius 2 is 1.76 bits per heavy atom. The van der Waals surface area contributed by atoms with Gasteiger partial charge in [-0.2, -0.15) is 0 Å². The lowest BCUT2D eigenvalue weighted by Crippen LogP contribution is -2.34. The van der Waals surface area contributed by atoms with E-state index in [4.69, 9.17) is 5.73 Å². The van der Waals surface area contributed by atoms with E-state index in [1.165, 1.54) is 6.26 Å². The topological polar surface area (TPSA) is 72.2 Å². The molecule has 1 rings (SSSR count). The molecule has 1 aromatic carbocycles. The molecule has 0 aliphatic heterocycles. The normalized spacial score (nSPS) is 12.5. The van der Waals surface area contributed by atoms with Crippen molar-refractivity contribution in [2.45, 2.75) is 30.7 Å². The van der Waals surface area contributed by atoms with E-state index < -0.39 is 9.84 Å². The third-order valence-electron chi connectivity index (χ3n) is 2.38. The van der Waals surface area contributed by atoms with Crippen LogP contribution in [-0.4, -0.2) is 26.8 Å². The lowest BCUT2D eigenvalue weighted by molar-refractivity contribution is 0.491. The maximum Gasteiger partial charge on any atom is 0.175 e. The summed E-state index contributed by atoms with van der Waals surface area (Å²) in [6.45, 7) is 4.71. The second-order valence-corrected chi connectivity index (χ2v) is 6.98. The van der Waals surface area contributed by atoms with Crippen molar-refractivity contribution < 1.29 is 8.42 Å². The summed E-state index contributed by atoms with van der Waals surface area (Å²) in [6, 6.07) is 6.73. The second-order valence-electron chi connectivity index (χ2n) is 4.96. The van der Waals surface area contributed by atoms with Crippen molar-refractivity contribution in [1.82, 2.24) is 0 Å². The molecule has 0 saturated carbocycles. The van der Waals surface area contributed by atoms with Gasteiger partial charge in [0.25, 0.3) is 0 Å². The highest BCUT2D eigenvalue weighted by Gasteiger charge is 2.09. The molecule has 0 aliphatic rings. The molecule has 5 heteroatoms. The van der Waals surface area contributed by atoms with Gasteiger partial charge < -0.3 is 11.1 Å². The average molecular weight is 256 g/mol. The molecule has 0 amide bonds. The highest BCUT2D eigenvalue weighted by Crippen LogP contribution is 2.14. The van der Waals surface area contributed by atoms with Gasteiger partial charge >= 0.3 is 0 Å². The third kappa shape index (κ3) is 5.19. The molecule has 0 aliphatic carbocycles. The molecule has 1 aromatic rings. The van der Waals surface area contributed by atoms with Gasteiger partial charge in [-0.1, -0.05) is 0 Å². The average Bonchev–Trinajstić information content (AvgIpc) is 2.15. The van der Waals surface area contributed by atoms with E-state index >= 15 is 0 Å². The highest BCUT2D eigenvalue weighted by atomic mass is 32.2. The third-order valence-corrected chi connectivity index (χ3v) is 3.51. The summed E-state index contributed by atoms with van der Waals surface area (Å²) in [5.74, 6) is 0. The quantitative estimate of drug-likeness (QED) is 0.840. The Morgan fingerprint density at radius 1 is 1.24 bits per heavy atom. The van der Waals surface area contributed by atoms with Crippen LogP contribution in [0, 0.1) is 0 Å². The van der Waals surface area contributed by atoms with Crippen LogP contribution in [0.2, 0.25) is 0 Å². The first-order chi connectivity index (χ1) is 7.68. The van der Waals surface area contributed by atoms with Gasteiger partial charge in [0.15, 0.2) is 9.84 Å². The molecule has 0 atom stereocenters. The molecule has 0 bridgehead atoms. The van der Waals surface area contributed by atoms with Gasteiger partial charge in [0.1, 0.15) is 0 Å². The van der Waals surface area contributed by atoms with Gasteiger partial charge in [-0.25, -0.2) is 8.42 Å². The zero-order chi connectivity index (χ0) is 13.1. The fourth-order valence-corrected chi connectivity index (χ4v) is 1.98. The zero-order valence-corrected chi connectivity index (χ0v) is 11.3. The molecule has 0 aromatic heterocycles. The molecule has 0 heterocycles. The minimum atomic E-state index is -3.11. The van der Waals surface area contributed by atoms with E-state index in [1.54, 1.807) is 24.3 Å². The minimum absolute atomic E-state index is 0.195. The van der Waals surface area contributed by atoms with Crippen molar-refractivity contribution >= 4 is 15.5 Å². The van der Waals surface area contributed by atoms with E-state index in [0.29, 0.717) is 4.90 Å². The van der Waals surface area contributed by atoms with Crippen molar-refractivity contribution in [3.05, 3.63) is 24.3 Å². The van der Waals surface area contributed by atoms with E-state index in [2.05, 4.69) is 5.32 Å². The molecular weight excluding hydrogens is 236 g/mol. The molecule has 0 saturated heterocycles. The Kier molecular flexibility index (Phi) is 4.16. The maximum absolute atomic E-state index is 11.3. The van der Waals surface area contributed by atoms with Crippen molar-refractivity contribution in [2.75, 3.05) is 18.1 Å². The lowest BCUT2D eigenvalue weighted by Gasteiger charge is -2.18. The predicted octanol–water partition coefficient (Wildman–Crippen LogP) is 1.63. The SMILES string of the molecule is CC(C)(N)CCNc1ccc(S(C)(=O)=O)cc1. The fourth-order valence-electron chi connectivity index (χ4n) is 1.35. The zero-order valence-electron chi connectivity index (χ0n) is 10.5. The Hall–Kier alpha value is -1.07. The number of hydrogen-bond acceptors (Lipinski definition) is 4. The first kappa shape index (κ1) is 14.0. The molecule has 0 fully saturated rings. The Morgan fingerprint density at radius 3 is 2.18 bits per heavy atom. The van der Waals surface area contributed by atoms with Gasteiger partial charge in [0.05, 0.1) is 4.90 Å². The molecule has 4 nitrogen and oxygen atoms in total. The van der Waals surface area contributed by atoms with Gasteiger partial charge in [-0.3, -0.25) is 0 Å². The summed E-state index contributed by atoms with van der Waals surface area (Å²) in [5, 5.41) is 3.21. The van der Waals surface area contributed by atoms with E-state index in [9.17, 15) is 8.42 Å². The van der Waals surface area contributed by atoms with Gasteiger partial charge in [0, 0.05) is 24.0 Å². The number of hydrogen-bond donors (Lipinski definition) is 2. The van der Waals surface area contributed by atoms with Crippen LogP contribution < -0.4 is 11.1 Å². The standard InChI is InChI=1S/C12H20N2O2S/c1-12(2,13)8-9-14-10-4-6-11(7-5-10)17(3,15)16/h4-7,14H,8-9,13H2,1-3H3. The van der Waals surface area contributed by atoms with E-state index in [0.717, 1.165) is 18.7 Å². The van der Waals surface area contributed by atoms with Gasteiger partial charge in [-0.05, 0) is 44.5 Å². The largest absolute Gasteiger partial charge is 0.385 e. The molecule has 96 valence electrons. The number of rotatable bonds is 5. The Balaban J connectivity index is 2.58. The lowest BCUT2D eigenvalue weighted by atomic mass is 10.0. The summed E-state index contributed by atoms with van der Waals surface area (Å²) < 4.78 is 22.5. The number of sulfone groups is 1. The van der Waals surface area contributed by atoms with Gasteiger partial charge in [-0.15, -0.1) is 0 Å². The minimum Gasteiger partial charge on any atom is -0.385 e. The Labute approximate surface area is 103 Å². The van der Waals surface area contributed by atoms with Crippen LogP contribution in [0.15, 0.2) is 29.2 Å². The first-order valence-corrected chi connectivity index (χ1v) is 7.40. The predicted molar refractivity (Wildman–Crippen MR) is 70.9 cm³/mol. The van der Waals surface area contributed by atoms with E-state index in [-0.39, 0.29) is 5.54 Å². The molecule has 17 heavy (non-hydrogen) atoms. The van der Waals surface area contributed by atoms with Crippen LogP contribution in [0.1, 0.15) is 20.3 Å².